The number of morpholine rings is 1. The Morgan fingerprint density at radius 2 is 1.80 bits per heavy atom. The molecule has 1 saturated heterocycles. The van der Waals surface area contributed by atoms with Crippen LogP contribution in [-0.4, -0.2) is 65.7 Å². The van der Waals surface area contributed by atoms with Crippen molar-refractivity contribution >= 4 is 21.6 Å². The lowest BCUT2D eigenvalue weighted by atomic mass is 10.2. The highest BCUT2D eigenvalue weighted by Gasteiger charge is 2.22. The van der Waals surface area contributed by atoms with Crippen molar-refractivity contribution in [1.82, 2.24) is 10.2 Å². The van der Waals surface area contributed by atoms with Crippen molar-refractivity contribution in [1.29, 1.82) is 0 Å². The second kappa shape index (κ2) is 10.6. The summed E-state index contributed by atoms with van der Waals surface area (Å²) >= 11 is 0. The van der Waals surface area contributed by atoms with Crippen LogP contribution in [0.1, 0.15) is 23.2 Å². The maximum atomic E-state index is 12.9. The first kappa shape index (κ1) is 22.3. The smallest absolute Gasteiger partial charge is 0.264 e. The van der Waals surface area contributed by atoms with E-state index in [0.29, 0.717) is 17.8 Å². The molecule has 1 heterocycles. The number of carbonyl (C=O) groups is 1. The number of amides is 1. The van der Waals surface area contributed by atoms with Gasteiger partial charge in [-0.25, -0.2) is 8.42 Å². The van der Waals surface area contributed by atoms with Crippen molar-refractivity contribution in [2.75, 3.05) is 50.7 Å². The number of benzene rings is 2. The van der Waals surface area contributed by atoms with Gasteiger partial charge < -0.3 is 10.1 Å². The lowest BCUT2D eigenvalue weighted by Crippen LogP contribution is -2.37. The van der Waals surface area contributed by atoms with Crippen molar-refractivity contribution in [2.24, 2.45) is 0 Å². The minimum atomic E-state index is -3.75. The van der Waals surface area contributed by atoms with E-state index in [1.54, 1.807) is 36.4 Å². The summed E-state index contributed by atoms with van der Waals surface area (Å²) in [5, 5.41) is 2.89. The van der Waals surface area contributed by atoms with E-state index in [2.05, 4.69) is 10.2 Å². The van der Waals surface area contributed by atoms with Crippen molar-refractivity contribution in [3.8, 4) is 0 Å². The number of para-hydroxylation sites is 1. The van der Waals surface area contributed by atoms with Crippen LogP contribution in [0.3, 0.4) is 0 Å². The summed E-state index contributed by atoms with van der Waals surface area (Å²) in [7, 11) is -2.25. The fraction of sp³-hybridized carbons (Fsp3) is 0.409. The average Bonchev–Trinajstić information content (AvgIpc) is 2.79. The molecule has 30 heavy (non-hydrogen) atoms. The van der Waals surface area contributed by atoms with Gasteiger partial charge in [-0.3, -0.25) is 14.0 Å². The molecule has 1 N–H and O–H groups in total. The molecule has 0 radical (unpaired) electrons. The fourth-order valence-electron chi connectivity index (χ4n) is 3.32. The molecule has 1 aliphatic rings. The summed E-state index contributed by atoms with van der Waals surface area (Å²) in [4.78, 5) is 14.9. The molecule has 7 nitrogen and oxygen atoms in total. The van der Waals surface area contributed by atoms with E-state index in [9.17, 15) is 13.2 Å². The minimum absolute atomic E-state index is 0.0915. The van der Waals surface area contributed by atoms with Crippen LogP contribution >= 0.6 is 0 Å². The van der Waals surface area contributed by atoms with E-state index in [0.717, 1.165) is 45.7 Å². The average molecular weight is 432 g/mol. The maximum Gasteiger partial charge on any atom is 0.264 e. The quantitative estimate of drug-likeness (QED) is 0.617. The second-order valence-corrected chi connectivity index (χ2v) is 9.22. The molecule has 0 aliphatic carbocycles. The number of sulfonamides is 1. The monoisotopic (exact) mass is 431 g/mol. The van der Waals surface area contributed by atoms with Gasteiger partial charge in [-0.2, -0.15) is 0 Å². The SMILES string of the molecule is CN(c1ccccc1)S(=O)(=O)c1cccc(C(=O)NCCCCN2CCOCC2)c1. The van der Waals surface area contributed by atoms with Crippen LogP contribution < -0.4 is 9.62 Å². The Bertz CT molecular complexity index is 928. The van der Waals surface area contributed by atoms with Crippen LogP contribution in [0.15, 0.2) is 59.5 Å². The van der Waals surface area contributed by atoms with Crippen LogP contribution in [0, 0.1) is 0 Å². The Morgan fingerprint density at radius 3 is 2.53 bits per heavy atom. The van der Waals surface area contributed by atoms with Gasteiger partial charge in [0, 0.05) is 32.2 Å². The van der Waals surface area contributed by atoms with Gasteiger partial charge >= 0.3 is 0 Å². The standard InChI is InChI=1S/C22H29N3O4S/c1-24(20-9-3-2-4-10-20)30(27,28)21-11-7-8-19(18-21)22(26)23-12-5-6-13-25-14-16-29-17-15-25/h2-4,7-11,18H,5-6,12-17H2,1H3,(H,23,26). The Hall–Kier alpha value is -2.42. The first-order chi connectivity index (χ1) is 14.5. The normalized spacial score (nSPS) is 15.0. The highest BCUT2D eigenvalue weighted by Crippen LogP contribution is 2.22. The molecule has 0 atom stereocenters. The second-order valence-electron chi connectivity index (χ2n) is 7.25. The van der Waals surface area contributed by atoms with E-state index >= 15 is 0 Å². The summed E-state index contributed by atoms with van der Waals surface area (Å²) < 4.78 is 32.4. The topological polar surface area (TPSA) is 79.0 Å². The van der Waals surface area contributed by atoms with Crippen LogP contribution in [0.2, 0.25) is 0 Å². The summed E-state index contributed by atoms with van der Waals surface area (Å²) in [6.07, 6.45) is 1.87. The van der Waals surface area contributed by atoms with Gasteiger partial charge in [-0.1, -0.05) is 24.3 Å². The van der Waals surface area contributed by atoms with E-state index in [1.165, 1.54) is 23.5 Å². The number of nitrogens with one attached hydrogen (secondary N) is 1. The number of nitrogens with zero attached hydrogens (tertiary/aromatic N) is 2. The lowest BCUT2D eigenvalue weighted by Gasteiger charge is -2.26. The zero-order valence-corrected chi connectivity index (χ0v) is 18.1. The lowest BCUT2D eigenvalue weighted by molar-refractivity contribution is 0.0372. The minimum Gasteiger partial charge on any atom is -0.379 e. The maximum absolute atomic E-state index is 12.9. The van der Waals surface area contributed by atoms with Crippen LogP contribution in [-0.2, 0) is 14.8 Å². The summed E-state index contributed by atoms with van der Waals surface area (Å²) in [5.41, 5.74) is 0.901. The van der Waals surface area contributed by atoms with Crippen molar-refractivity contribution in [3.63, 3.8) is 0 Å². The molecule has 1 amide bonds. The van der Waals surface area contributed by atoms with Crippen LogP contribution in [0.4, 0.5) is 5.69 Å². The molecule has 0 aromatic heterocycles. The molecular formula is C22H29N3O4S. The zero-order chi connectivity index (χ0) is 21.4. The molecule has 8 heteroatoms. The van der Waals surface area contributed by atoms with Crippen LogP contribution in [0.5, 0.6) is 0 Å². The molecule has 0 unspecified atom stereocenters. The first-order valence-corrected chi connectivity index (χ1v) is 11.6. The third-order valence-corrected chi connectivity index (χ3v) is 6.95. The van der Waals surface area contributed by atoms with E-state index in [-0.39, 0.29) is 10.8 Å². The number of rotatable bonds is 9. The third kappa shape index (κ3) is 5.81. The number of carbonyl (C=O) groups excluding carboxylic acids is 1. The largest absolute Gasteiger partial charge is 0.379 e. The number of ether oxygens (including phenoxy) is 1. The Labute approximate surface area is 178 Å². The highest BCUT2D eigenvalue weighted by atomic mass is 32.2. The summed E-state index contributed by atoms with van der Waals surface area (Å²) in [6, 6.07) is 15.0. The van der Waals surface area contributed by atoms with E-state index < -0.39 is 10.0 Å². The van der Waals surface area contributed by atoms with E-state index in [4.69, 9.17) is 4.74 Å². The predicted octanol–water partition coefficient (Wildman–Crippen LogP) is 2.35. The van der Waals surface area contributed by atoms with Crippen molar-refractivity contribution < 1.29 is 17.9 Å². The summed E-state index contributed by atoms with van der Waals surface area (Å²) in [6.45, 7) is 5.06. The molecule has 0 spiro atoms. The number of hydrogen-bond acceptors (Lipinski definition) is 5. The van der Waals surface area contributed by atoms with Crippen molar-refractivity contribution in [2.45, 2.75) is 17.7 Å². The van der Waals surface area contributed by atoms with Gasteiger partial charge in [0.05, 0.1) is 23.8 Å². The molecule has 3 rings (SSSR count). The molecule has 2 aromatic rings. The van der Waals surface area contributed by atoms with Gasteiger partial charge in [0.15, 0.2) is 0 Å². The Morgan fingerprint density at radius 1 is 1.07 bits per heavy atom. The zero-order valence-electron chi connectivity index (χ0n) is 17.3. The van der Waals surface area contributed by atoms with Gasteiger partial charge in [0.25, 0.3) is 15.9 Å². The van der Waals surface area contributed by atoms with Gasteiger partial charge in [-0.05, 0) is 49.7 Å². The van der Waals surface area contributed by atoms with Crippen LogP contribution in [0.25, 0.3) is 0 Å². The number of unbranched alkanes of at least 4 members (excludes halogenated alkanes) is 1. The Kier molecular flexibility index (Phi) is 7.84. The molecule has 1 fully saturated rings. The van der Waals surface area contributed by atoms with Gasteiger partial charge in [0.1, 0.15) is 0 Å². The van der Waals surface area contributed by atoms with Gasteiger partial charge in [0.2, 0.25) is 0 Å². The molecular weight excluding hydrogens is 402 g/mol. The predicted molar refractivity (Wildman–Crippen MR) is 117 cm³/mol. The summed E-state index contributed by atoms with van der Waals surface area (Å²) in [5.74, 6) is -0.263. The van der Waals surface area contributed by atoms with Gasteiger partial charge in [-0.15, -0.1) is 0 Å². The first-order valence-electron chi connectivity index (χ1n) is 10.2. The number of hydrogen-bond donors (Lipinski definition) is 1. The van der Waals surface area contributed by atoms with E-state index in [1.807, 2.05) is 6.07 Å². The molecule has 162 valence electrons. The molecule has 2 aromatic carbocycles. The molecule has 1 aliphatic heterocycles. The highest BCUT2D eigenvalue weighted by molar-refractivity contribution is 7.92. The third-order valence-electron chi connectivity index (χ3n) is 5.16. The fourth-order valence-corrected chi connectivity index (χ4v) is 4.56. The molecule has 0 saturated carbocycles. The Balaban J connectivity index is 1.54. The molecule has 0 bridgehead atoms. The number of anilines is 1. The van der Waals surface area contributed by atoms with Crippen molar-refractivity contribution in [3.05, 3.63) is 60.2 Å².